The molecule has 0 spiro atoms. The van der Waals surface area contributed by atoms with Gasteiger partial charge in [0.1, 0.15) is 18.8 Å². The Morgan fingerprint density at radius 2 is 1.65 bits per heavy atom. The van der Waals surface area contributed by atoms with Crippen molar-refractivity contribution < 1.29 is 28.9 Å². The summed E-state index contributed by atoms with van der Waals surface area (Å²) in [6, 6.07) is 0. The van der Waals surface area contributed by atoms with Crippen LogP contribution in [0.1, 0.15) is 65.2 Å². The molecule has 0 bridgehead atoms. The van der Waals surface area contributed by atoms with Gasteiger partial charge in [-0.3, -0.25) is 9.59 Å². The number of esters is 2. The van der Waals surface area contributed by atoms with E-state index in [1.165, 1.54) is 0 Å². The number of unbranched alkanes of at least 4 members (excludes halogenated alkanes) is 4. The van der Waals surface area contributed by atoms with Crippen molar-refractivity contribution in [2.45, 2.75) is 83.5 Å². The highest BCUT2D eigenvalue weighted by Gasteiger charge is 2.39. The summed E-state index contributed by atoms with van der Waals surface area (Å²) in [6.07, 6.45) is 4.14. The van der Waals surface area contributed by atoms with E-state index in [-0.39, 0.29) is 25.2 Å². The molecule has 6 nitrogen and oxygen atoms in total. The summed E-state index contributed by atoms with van der Waals surface area (Å²) in [4.78, 5) is 23.2. The van der Waals surface area contributed by atoms with Crippen LogP contribution in [0.25, 0.3) is 0 Å². The SMILES string of the molecule is CCCCCC(=O)OC[C@@H]1OC[C@@H](OC(=O)CCCCC)[C@@H]1O. The highest BCUT2D eigenvalue weighted by atomic mass is 16.6. The molecule has 1 aliphatic heterocycles. The number of carbonyl (C=O) groups is 2. The van der Waals surface area contributed by atoms with Crippen LogP contribution in [0.15, 0.2) is 0 Å². The molecule has 1 rings (SSSR count). The van der Waals surface area contributed by atoms with Crippen LogP contribution < -0.4 is 0 Å². The molecular formula is C17H30O6. The van der Waals surface area contributed by atoms with Crippen LogP contribution in [0, 0.1) is 0 Å². The van der Waals surface area contributed by atoms with Crippen molar-refractivity contribution in [3.8, 4) is 0 Å². The van der Waals surface area contributed by atoms with Gasteiger partial charge < -0.3 is 19.3 Å². The van der Waals surface area contributed by atoms with E-state index in [0.717, 1.165) is 38.5 Å². The predicted molar refractivity (Wildman–Crippen MR) is 84.9 cm³/mol. The summed E-state index contributed by atoms with van der Waals surface area (Å²) in [5, 5.41) is 10.1. The number of hydrogen-bond acceptors (Lipinski definition) is 6. The molecule has 1 N–H and O–H groups in total. The van der Waals surface area contributed by atoms with Gasteiger partial charge in [0.05, 0.1) is 6.61 Å². The molecular weight excluding hydrogens is 300 g/mol. The monoisotopic (exact) mass is 330 g/mol. The van der Waals surface area contributed by atoms with Crippen molar-refractivity contribution in [3.63, 3.8) is 0 Å². The van der Waals surface area contributed by atoms with Crippen LogP contribution in [-0.2, 0) is 23.8 Å². The van der Waals surface area contributed by atoms with Crippen molar-refractivity contribution in [2.24, 2.45) is 0 Å². The lowest BCUT2D eigenvalue weighted by molar-refractivity contribution is -0.154. The number of rotatable bonds is 11. The molecule has 1 fully saturated rings. The first-order valence-corrected chi connectivity index (χ1v) is 8.73. The second-order valence-corrected chi connectivity index (χ2v) is 5.99. The molecule has 0 aromatic heterocycles. The maximum absolute atomic E-state index is 11.7. The minimum atomic E-state index is -0.950. The van der Waals surface area contributed by atoms with Gasteiger partial charge in [-0.2, -0.15) is 0 Å². The summed E-state index contributed by atoms with van der Waals surface area (Å²) in [7, 11) is 0. The van der Waals surface area contributed by atoms with Crippen molar-refractivity contribution >= 4 is 11.9 Å². The third-order valence-corrected chi connectivity index (χ3v) is 3.90. The highest BCUT2D eigenvalue weighted by molar-refractivity contribution is 5.70. The zero-order chi connectivity index (χ0) is 17.1. The lowest BCUT2D eigenvalue weighted by Gasteiger charge is -2.17. The molecule has 134 valence electrons. The first kappa shape index (κ1) is 19.9. The van der Waals surface area contributed by atoms with Gasteiger partial charge in [-0.05, 0) is 12.8 Å². The van der Waals surface area contributed by atoms with Crippen LogP contribution >= 0.6 is 0 Å². The van der Waals surface area contributed by atoms with E-state index in [1.54, 1.807) is 0 Å². The third kappa shape index (κ3) is 7.79. The zero-order valence-corrected chi connectivity index (χ0v) is 14.3. The molecule has 23 heavy (non-hydrogen) atoms. The van der Waals surface area contributed by atoms with Crippen LogP contribution in [0.5, 0.6) is 0 Å². The van der Waals surface area contributed by atoms with Crippen LogP contribution in [0.2, 0.25) is 0 Å². The fourth-order valence-electron chi connectivity index (χ4n) is 2.42. The lowest BCUT2D eigenvalue weighted by atomic mass is 10.1. The Morgan fingerprint density at radius 3 is 2.26 bits per heavy atom. The molecule has 0 amide bonds. The predicted octanol–water partition coefficient (Wildman–Crippen LogP) is 2.36. The van der Waals surface area contributed by atoms with Gasteiger partial charge in [0.15, 0.2) is 6.10 Å². The minimum Gasteiger partial charge on any atom is -0.463 e. The van der Waals surface area contributed by atoms with E-state index in [2.05, 4.69) is 13.8 Å². The molecule has 1 aliphatic rings. The van der Waals surface area contributed by atoms with Crippen molar-refractivity contribution in [1.82, 2.24) is 0 Å². The molecule has 1 heterocycles. The van der Waals surface area contributed by atoms with Crippen LogP contribution in [-0.4, -0.2) is 48.6 Å². The molecule has 0 radical (unpaired) electrons. The fourth-order valence-corrected chi connectivity index (χ4v) is 2.42. The fraction of sp³-hybridized carbons (Fsp3) is 0.882. The molecule has 0 aromatic carbocycles. The third-order valence-electron chi connectivity index (χ3n) is 3.90. The molecule has 0 unspecified atom stereocenters. The molecule has 0 aromatic rings. The number of hydrogen-bond donors (Lipinski definition) is 1. The normalized spacial score (nSPS) is 23.7. The number of aliphatic hydroxyl groups is 1. The van der Waals surface area contributed by atoms with E-state index in [4.69, 9.17) is 14.2 Å². The average Bonchev–Trinajstić information content (AvgIpc) is 2.86. The molecule has 1 saturated heterocycles. The van der Waals surface area contributed by atoms with E-state index in [0.29, 0.717) is 12.8 Å². The summed E-state index contributed by atoms with van der Waals surface area (Å²) in [5.74, 6) is -0.599. The van der Waals surface area contributed by atoms with E-state index < -0.39 is 18.3 Å². The smallest absolute Gasteiger partial charge is 0.306 e. The molecule has 6 heteroatoms. The maximum atomic E-state index is 11.7. The Hall–Kier alpha value is -1.14. The number of carbonyl (C=O) groups excluding carboxylic acids is 2. The van der Waals surface area contributed by atoms with Gasteiger partial charge in [-0.15, -0.1) is 0 Å². The van der Waals surface area contributed by atoms with Crippen LogP contribution in [0.3, 0.4) is 0 Å². The first-order valence-electron chi connectivity index (χ1n) is 8.73. The molecule has 0 saturated carbocycles. The van der Waals surface area contributed by atoms with E-state index in [9.17, 15) is 14.7 Å². The van der Waals surface area contributed by atoms with E-state index >= 15 is 0 Å². The van der Waals surface area contributed by atoms with Gasteiger partial charge in [0.2, 0.25) is 0 Å². The maximum Gasteiger partial charge on any atom is 0.306 e. The standard InChI is InChI=1S/C17H30O6/c1-3-5-7-9-15(18)22-11-13-17(20)14(12-21-13)23-16(19)10-8-6-4-2/h13-14,17,20H,3-12H2,1-2H3/t13-,14+,17+/m0/s1. The van der Waals surface area contributed by atoms with Crippen LogP contribution in [0.4, 0.5) is 0 Å². The Balaban J connectivity index is 2.22. The average molecular weight is 330 g/mol. The van der Waals surface area contributed by atoms with Gasteiger partial charge in [0.25, 0.3) is 0 Å². The number of ether oxygens (including phenoxy) is 3. The number of aliphatic hydroxyl groups excluding tert-OH is 1. The Morgan fingerprint density at radius 1 is 1.04 bits per heavy atom. The van der Waals surface area contributed by atoms with Gasteiger partial charge >= 0.3 is 11.9 Å². The summed E-state index contributed by atoms with van der Waals surface area (Å²) >= 11 is 0. The van der Waals surface area contributed by atoms with E-state index in [1.807, 2.05) is 0 Å². The largest absolute Gasteiger partial charge is 0.463 e. The molecule has 0 aliphatic carbocycles. The Kier molecular flexibility index (Phi) is 9.87. The molecule has 3 atom stereocenters. The van der Waals surface area contributed by atoms with Gasteiger partial charge in [-0.1, -0.05) is 39.5 Å². The first-order chi connectivity index (χ1) is 11.1. The van der Waals surface area contributed by atoms with Crippen molar-refractivity contribution in [2.75, 3.05) is 13.2 Å². The van der Waals surface area contributed by atoms with Gasteiger partial charge in [-0.25, -0.2) is 0 Å². The second-order valence-electron chi connectivity index (χ2n) is 5.99. The highest BCUT2D eigenvalue weighted by Crippen LogP contribution is 2.19. The van der Waals surface area contributed by atoms with Crippen molar-refractivity contribution in [1.29, 1.82) is 0 Å². The van der Waals surface area contributed by atoms with Crippen molar-refractivity contribution in [3.05, 3.63) is 0 Å². The summed E-state index contributed by atoms with van der Waals surface area (Å²) in [6.45, 7) is 4.26. The minimum absolute atomic E-state index is 0.00396. The quantitative estimate of drug-likeness (QED) is 0.462. The van der Waals surface area contributed by atoms with Gasteiger partial charge in [0, 0.05) is 12.8 Å². The topological polar surface area (TPSA) is 82.1 Å². The summed E-state index contributed by atoms with van der Waals surface area (Å²) < 4.78 is 15.7. The Labute approximate surface area is 138 Å². The Bertz CT molecular complexity index is 357. The summed E-state index contributed by atoms with van der Waals surface area (Å²) in [5.41, 5.74) is 0. The second kappa shape index (κ2) is 11.4. The lowest BCUT2D eigenvalue weighted by Crippen LogP contribution is -2.36. The zero-order valence-electron chi connectivity index (χ0n) is 14.3.